The molecule has 2 N–H and O–H groups in total. The molecule has 0 saturated carbocycles. The summed E-state index contributed by atoms with van der Waals surface area (Å²) in [6.45, 7) is 3.70. The Morgan fingerprint density at radius 3 is 2.82 bits per heavy atom. The summed E-state index contributed by atoms with van der Waals surface area (Å²) in [5, 5.41) is 6.52. The Bertz CT molecular complexity index is 386. The van der Waals surface area contributed by atoms with Crippen molar-refractivity contribution < 1.29 is 0 Å². The van der Waals surface area contributed by atoms with Gasteiger partial charge in [-0.25, -0.2) is 4.98 Å². The first-order valence-corrected chi connectivity index (χ1v) is 6.35. The van der Waals surface area contributed by atoms with Gasteiger partial charge in [0.2, 0.25) is 5.95 Å². The molecule has 0 aromatic carbocycles. The molecule has 5 heteroatoms. The third-order valence-electron chi connectivity index (χ3n) is 3.87. The van der Waals surface area contributed by atoms with Crippen LogP contribution >= 0.6 is 0 Å². The zero-order chi connectivity index (χ0) is 11.7. The predicted molar refractivity (Wildman–Crippen MR) is 68.2 cm³/mol. The van der Waals surface area contributed by atoms with Crippen molar-refractivity contribution >= 4 is 11.8 Å². The molecule has 0 amide bonds. The second-order valence-corrected chi connectivity index (χ2v) is 4.90. The summed E-state index contributed by atoms with van der Waals surface area (Å²) in [4.78, 5) is 11.1. The topological polar surface area (TPSA) is 53.1 Å². The minimum atomic E-state index is 0.553. The van der Waals surface area contributed by atoms with Crippen molar-refractivity contribution in [1.29, 1.82) is 0 Å². The van der Waals surface area contributed by atoms with E-state index in [1.54, 1.807) is 6.20 Å². The maximum atomic E-state index is 4.42. The van der Waals surface area contributed by atoms with E-state index in [9.17, 15) is 0 Å². The van der Waals surface area contributed by atoms with Crippen LogP contribution in [-0.2, 0) is 0 Å². The number of aromatic nitrogens is 2. The van der Waals surface area contributed by atoms with Crippen molar-refractivity contribution in [2.45, 2.75) is 18.9 Å². The molecule has 3 aliphatic heterocycles. The number of piperidine rings is 3. The molecule has 0 spiro atoms. The Morgan fingerprint density at radius 2 is 2.18 bits per heavy atom. The number of hydrogen-bond acceptors (Lipinski definition) is 5. The molecule has 2 bridgehead atoms. The highest BCUT2D eigenvalue weighted by Crippen LogP contribution is 2.29. The highest BCUT2D eigenvalue weighted by Gasteiger charge is 2.34. The smallest absolute Gasteiger partial charge is 0.224 e. The SMILES string of the molecule is CNc1nccc(NC2CN3CCC2CC3)n1. The average Bonchev–Trinajstić information content (AvgIpc) is 2.40. The maximum Gasteiger partial charge on any atom is 0.224 e. The molecule has 5 nitrogen and oxygen atoms in total. The van der Waals surface area contributed by atoms with E-state index in [2.05, 4.69) is 25.5 Å². The molecule has 4 rings (SSSR count). The van der Waals surface area contributed by atoms with E-state index >= 15 is 0 Å². The summed E-state index contributed by atoms with van der Waals surface area (Å²) in [7, 11) is 1.84. The van der Waals surface area contributed by atoms with Gasteiger partial charge in [0.05, 0.1) is 0 Å². The van der Waals surface area contributed by atoms with Crippen LogP contribution in [0.4, 0.5) is 11.8 Å². The van der Waals surface area contributed by atoms with Crippen LogP contribution in [0.3, 0.4) is 0 Å². The van der Waals surface area contributed by atoms with E-state index in [-0.39, 0.29) is 0 Å². The molecule has 1 aromatic heterocycles. The Balaban J connectivity index is 1.70. The molecule has 3 saturated heterocycles. The van der Waals surface area contributed by atoms with Crippen molar-refractivity contribution in [2.75, 3.05) is 37.3 Å². The number of rotatable bonds is 3. The van der Waals surface area contributed by atoms with Gasteiger partial charge in [0.25, 0.3) is 0 Å². The zero-order valence-corrected chi connectivity index (χ0v) is 10.2. The summed E-state index contributed by atoms with van der Waals surface area (Å²) < 4.78 is 0. The quantitative estimate of drug-likeness (QED) is 0.816. The van der Waals surface area contributed by atoms with Crippen LogP contribution in [0.1, 0.15) is 12.8 Å². The van der Waals surface area contributed by atoms with Gasteiger partial charge in [-0.3, -0.25) is 0 Å². The molecule has 17 heavy (non-hydrogen) atoms. The van der Waals surface area contributed by atoms with Crippen molar-refractivity contribution in [1.82, 2.24) is 14.9 Å². The van der Waals surface area contributed by atoms with Gasteiger partial charge in [0.1, 0.15) is 5.82 Å². The lowest BCUT2D eigenvalue weighted by atomic mass is 9.84. The largest absolute Gasteiger partial charge is 0.366 e. The second kappa shape index (κ2) is 4.49. The summed E-state index contributed by atoms with van der Waals surface area (Å²) in [6.07, 6.45) is 4.44. The molecule has 3 aliphatic rings. The molecule has 1 atom stereocenters. The molecule has 0 radical (unpaired) electrons. The lowest BCUT2D eigenvalue weighted by molar-refractivity contribution is 0.0974. The summed E-state index contributed by atoms with van der Waals surface area (Å²) >= 11 is 0. The molecule has 3 fully saturated rings. The Morgan fingerprint density at radius 1 is 1.35 bits per heavy atom. The van der Waals surface area contributed by atoms with Crippen LogP contribution in [0, 0.1) is 5.92 Å². The zero-order valence-electron chi connectivity index (χ0n) is 10.2. The number of fused-ring (bicyclic) bond motifs is 3. The van der Waals surface area contributed by atoms with Crippen LogP contribution < -0.4 is 10.6 Å². The number of nitrogens with zero attached hydrogens (tertiary/aromatic N) is 3. The van der Waals surface area contributed by atoms with E-state index in [1.165, 1.54) is 25.9 Å². The van der Waals surface area contributed by atoms with Gasteiger partial charge in [0.15, 0.2) is 0 Å². The van der Waals surface area contributed by atoms with Crippen LogP contribution in [0.5, 0.6) is 0 Å². The first-order valence-electron chi connectivity index (χ1n) is 6.35. The van der Waals surface area contributed by atoms with Crippen molar-refractivity contribution in [3.05, 3.63) is 12.3 Å². The van der Waals surface area contributed by atoms with Crippen LogP contribution in [0.25, 0.3) is 0 Å². The third-order valence-corrected chi connectivity index (χ3v) is 3.87. The normalized spacial score (nSPS) is 31.2. The Labute approximate surface area is 102 Å². The first-order chi connectivity index (χ1) is 8.35. The minimum Gasteiger partial charge on any atom is -0.366 e. The number of nitrogens with one attached hydrogen (secondary N) is 2. The van der Waals surface area contributed by atoms with Crippen LogP contribution in [0.2, 0.25) is 0 Å². The van der Waals surface area contributed by atoms with Gasteiger partial charge >= 0.3 is 0 Å². The van der Waals surface area contributed by atoms with E-state index in [4.69, 9.17) is 0 Å². The van der Waals surface area contributed by atoms with Crippen molar-refractivity contribution in [3.63, 3.8) is 0 Å². The molecule has 0 aliphatic carbocycles. The standard InChI is InChI=1S/C12H19N5/c1-13-12-14-5-2-11(16-12)15-10-8-17-6-3-9(10)4-7-17/h2,5,9-10H,3-4,6-8H2,1H3,(H2,13,14,15,16). The molecule has 4 heterocycles. The third kappa shape index (κ3) is 2.20. The average molecular weight is 233 g/mol. The first kappa shape index (κ1) is 10.8. The molecule has 1 unspecified atom stereocenters. The predicted octanol–water partition coefficient (Wildman–Crippen LogP) is 1.02. The van der Waals surface area contributed by atoms with Gasteiger partial charge in [-0.1, -0.05) is 0 Å². The lowest BCUT2D eigenvalue weighted by Gasteiger charge is -2.45. The molecule has 1 aromatic rings. The van der Waals surface area contributed by atoms with E-state index < -0.39 is 0 Å². The second-order valence-electron chi connectivity index (χ2n) is 4.90. The van der Waals surface area contributed by atoms with Crippen molar-refractivity contribution in [3.8, 4) is 0 Å². The summed E-state index contributed by atoms with van der Waals surface area (Å²) in [6, 6.07) is 2.50. The van der Waals surface area contributed by atoms with Crippen LogP contribution in [0.15, 0.2) is 12.3 Å². The van der Waals surface area contributed by atoms with E-state index in [0.29, 0.717) is 12.0 Å². The summed E-state index contributed by atoms with van der Waals surface area (Å²) in [5.74, 6) is 2.42. The molecular weight excluding hydrogens is 214 g/mol. The highest BCUT2D eigenvalue weighted by molar-refractivity contribution is 5.40. The van der Waals surface area contributed by atoms with Crippen LogP contribution in [-0.4, -0.2) is 47.6 Å². The van der Waals surface area contributed by atoms with Gasteiger partial charge in [-0.05, 0) is 37.9 Å². The van der Waals surface area contributed by atoms with Gasteiger partial charge in [-0.2, -0.15) is 4.98 Å². The monoisotopic (exact) mass is 233 g/mol. The Hall–Kier alpha value is -1.36. The maximum absolute atomic E-state index is 4.42. The van der Waals surface area contributed by atoms with E-state index in [0.717, 1.165) is 18.3 Å². The molecular formula is C12H19N5. The Kier molecular flexibility index (Phi) is 2.84. The molecule has 92 valence electrons. The summed E-state index contributed by atoms with van der Waals surface area (Å²) in [5.41, 5.74) is 0. The van der Waals surface area contributed by atoms with E-state index in [1.807, 2.05) is 13.1 Å². The minimum absolute atomic E-state index is 0.553. The van der Waals surface area contributed by atoms with Gasteiger partial charge in [-0.15, -0.1) is 0 Å². The fraction of sp³-hybridized carbons (Fsp3) is 0.667. The van der Waals surface area contributed by atoms with Gasteiger partial charge in [0, 0.05) is 25.8 Å². The van der Waals surface area contributed by atoms with Gasteiger partial charge < -0.3 is 15.5 Å². The highest BCUT2D eigenvalue weighted by atomic mass is 15.2. The number of anilines is 2. The number of hydrogen-bond donors (Lipinski definition) is 2. The van der Waals surface area contributed by atoms with Crippen molar-refractivity contribution in [2.24, 2.45) is 5.92 Å². The fourth-order valence-electron chi connectivity index (χ4n) is 2.88. The fourth-order valence-corrected chi connectivity index (χ4v) is 2.88. The lowest BCUT2D eigenvalue weighted by Crippen LogP contribution is -2.53.